The van der Waals surface area contributed by atoms with Gasteiger partial charge in [-0.2, -0.15) is 5.10 Å². The molecule has 0 spiro atoms. The molecule has 0 aliphatic rings. The summed E-state index contributed by atoms with van der Waals surface area (Å²) in [6.07, 6.45) is 0. The van der Waals surface area contributed by atoms with Crippen molar-refractivity contribution in [1.29, 1.82) is 0 Å². The van der Waals surface area contributed by atoms with E-state index in [-0.39, 0.29) is 18.4 Å². The van der Waals surface area contributed by atoms with Crippen LogP contribution >= 0.6 is 11.6 Å². The molecular formula is C18H16ClN5O2. The highest BCUT2D eigenvalue weighted by atomic mass is 35.5. The summed E-state index contributed by atoms with van der Waals surface area (Å²) in [5.74, 6) is 0.627. The van der Waals surface area contributed by atoms with Gasteiger partial charge in [0.2, 0.25) is 5.91 Å². The molecule has 0 radical (unpaired) electrons. The van der Waals surface area contributed by atoms with Crippen LogP contribution in [0.25, 0.3) is 11.4 Å². The number of anilines is 1. The zero-order chi connectivity index (χ0) is 18.5. The fraction of sp³-hybridized carbons (Fsp3) is 0.111. The summed E-state index contributed by atoms with van der Waals surface area (Å²) in [4.78, 5) is 28.2. The van der Waals surface area contributed by atoms with Crippen LogP contribution in [0.5, 0.6) is 0 Å². The van der Waals surface area contributed by atoms with Crippen LogP contribution in [0.2, 0.25) is 5.02 Å². The summed E-state index contributed by atoms with van der Waals surface area (Å²) >= 11 is 5.85. The molecule has 2 aromatic carbocycles. The van der Waals surface area contributed by atoms with Crippen molar-refractivity contribution in [2.24, 2.45) is 0 Å². The Morgan fingerprint density at radius 3 is 2.58 bits per heavy atom. The average molecular weight is 370 g/mol. The van der Waals surface area contributed by atoms with Crippen molar-refractivity contribution in [1.82, 2.24) is 20.5 Å². The minimum absolute atomic E-state index is 0.146. The number of hydrogen-bond acceptors (Lipinski definition) is 4. The van der Waals surface area contributed by atoms with Crippen molar-refractivity contribution < 1.29 is 9.59 Å². The molecule has 132 valence electrons. The normalized spacial score (nSPS) is 10.4. The first-order chi connectivity index (χ1) is 12.5. The number of nitrogens with one attached hydrogen (secondary N) is 3. The van der Waals surface area contributed by atoms with E-state index < -0.39 is 0 Å². The molecule has 0 saturated heterocycles. The van der Waals surface area contributed by atoms with Crippen LogP contribution in [0.3, 0.4) is 0 Å². The van der Waals surface area contributed by atoms with Gasteiger partial charge in [0, 0.05) is 21.8 Å². The van der Waals surface area contributed by atoms with Crippen LogP contribution in [0, 0.1) is 6.92 Å². The monoisotopic (exact) mass is 369 g/mol. The standard InChI is InChI=1S/C18H16ClN5O2/c1-11-21-17(24-23-11)12-5-7-15(8-6-12)22-16(25)10-20-18(26)13-3-2-4-14(19)9-13/h2-9H,10H2,1H3,(H,20,26)(H,22,25)(H,21,23,24). The molecule has 3 rings (SSSR count). The number of aryl methyl sites for hydroxylation is 1. The van der Waals surface area contributed by atoms with Gasteiger partial charge in [-0.3, -0.25) is 14.7 Å². The number of H-pyrrole nitrogens is 1. The number of carbonyl (C=O) groups is 2. The van der Waals surface area contributed by atoms with E-state index in [1.54, 1.807) is 30.3 Å². The molecule has 3 aromatic rings. The summed E-state index contributed by atoms with van der Waals surface area (Å²) in [7, 11) is 0. The Kier molecular flexibility index (Phi) is 5.28. The molecule has 0 bridgehead atoms. The van der Waals surface area contributed by atoms with Gasteiger partial charge in [0.1, 0.15) is 5.82 Å². The van der Waals surface area contributed by atoms with Gasteiger partial charge >= 0.3 is 0 Å². The fourth-order valence-electron chi connectivity index (χ4n) is 2.27. The molecule has 1 aromatic heterocycles. The van der Waals surface area contributed by atoms with Gasteiger partial charge in [-0.15, -0.1) is 0 Å². The molecule has 0 aliphatic heterocycles. The second-order valence-corrected chi connectivity index (χ2v) is 6.00. The number of aromatic amines is 1. The molecule has 0 atom stereocenters. The van der Waals surface area contributed by atoms with Gasteiger partial charge in [0.25, 0.3) is 5.91 Å². The molecule has 1 heterocycles. The molecule has 3 N–H and O–H groups in total. The molecule has 0 unspecified atom stereocenters. The van der Waals surface area contributed by atoms with E-state index >= 15 is 0 Å². The van der Waals surface area contributed by atoms with Gasteiger partial charge in [-0.25, -0.2) is 4.98 Å². The number of hydrogen-bond donors (Lipinski definition) is 3. The van der Waals surface area contributed by atoms with Crippen LogP contribution in [0.1, 0.15) is 16.2 Å². The lowest BCUT2D eigenvalue weighted by molar-refractivity contribution is -0.115. The lowest BCUT2D eigenvalue weighted by Gasteiger charge is -2.07. The molecular weight excluding hydrogens is 354 g/mol. The van der Waals surface area contributed by atoms with Gasteiger partial charge in [-0.05, 0) is 49.4 Å². The number of halogens is 1. The van der Waals surface area contributed by atoms with Crippen molar-refractivity contribution in [2.45, 2.75) is 6.92 Å². The van der Waals surface area contributed by atoms with E-state index in [2.05, 4.69) is 25.8 Å². The van der Waals surface area contributed by atoms with Crippen molar-refractivity contribution in [3.8, 4) is 11.4 Å². The maximum atomic E-state index is 12.0. The molecule has 0 aliphatic carbocycles. The van der Waals surface area contributed by atoms with Gasteiger partial charge in [0.05, 0.1) is 6.54 Å². The highest BCUT2D eigenvalue weighted by molar-refractivity contribution is 6.31. The van der Waals surface area contributed by atoms with Gasteiger partial charge < -0.3 is 10.6 Å². The van der Waals surface area contributed by atoms with Crippen LogP contribution in [0.15, 0.2) is 48.5 Å². The Labute approximate surface area is 154 Å². The third-order valence-electron chi connectivity index (χ3n) is 3.52. The van der Waals surface area contributed by atoms with E-state index in [4.69, 9.17) is 11.6 Å². The number of amides is 2. The summed E-state index contributed by atoms with van der Waals surface area (Å²) in [5.41, 5.74) is 1.85. The molecule has 0 saturated carbocycles. The van der Waals surface area contributed by atoms with E-state index in [0.717, 1.165) is 11.4 Å². The topological polar surface area (TPSA) is 99.8 Å². The first-order valence-electron chi connectivity index (χ1n) is 7.84. The number of benzene rings is 2. The number of carbonyl (C=O) groups excluding carboxylic acids is 2. The SMILES string of the molecule is Cc1nc(-c2ccc(NC(=O)CNC(=O)c3cccc(Cl)c3)cc2)n[nH]1. The number of nitrogens with zero attached hydrogens (tertiary/aromatic N) is 2. The van der Waals surface area contributed by atoms with Gasteiger partial charge in [-0.1, -0.05) is 17.7 Å². The van der Waals surface area contributed by atoms with Crippen LogP contribution in [-0.4, -0.2) is 33.5 Å². The Balaban J connectivity index is 1.54. The number of rotatable bonds is 5. The van der Waals surface area contributed by atoms with E-state index in [1.807, 2.05) is 19.1 Å². The van der Waals surface area contributed by atoms with Crippen LogP contribution < -0.4 is 10.6 Å². The molecule has 8 heteroatoms. The molecule has 0 fully saturated rings. The fourth-order valence-corrected chi connectivity index (χ4v) is 2.46. The van der Waals surface area contributed by atoms with E-state index in [0.29, 0.717) is 22.1 Å². The second kappa shape index (κ2) is 7.79. The third kappa shape index (κ3) is 4.46. The summed E-state index contributed by atoms with van der Waals surface area (Å²) in [6.45, 7) is 1.68. The first-order valence-corrected chi connectivity index (χ1v) is 8.22. The van der Waals surface area contributed by atoms with E-state index in [1.165, 1.54) is 6.07 Å². The lowest BCUT2D eigenvalue weighted by atomic mass is 10.2. The van der Waals surface area contributed by atoms with E-state index in [9.17, 15) is 9.59 Å². The van der Waals surface area contributed by atoms with Gasteiger partial charge in [0.15, 0.2) is 5.82 Å². The minimum Gasteiger partial charge on any atom is -0.343 e. The smallest absolute Gasteiger partial charge is 0.251 e. The summed E-state index contributed by atoms with van der Waals surface area (Å²) < 4.78 is 0. The Morgan fingerprint density at radius 2 is 1.92 bits per heavy atom. The van der Waals surface area contributed by atoms with Crippen LogP contribution in [0.4, 0.5) is 5.69 Å². The maximum Gasteiger partial charge on any atom is 0.251 e. The zero-order valence-electron chi connectivity index (χ0n) is 13.9. The second-order valence-electron chi connectivity index (χ2n) is 5.56. The zero-order valence-corrected chi connectivity index (χ0v) is 14.7. The third-order valence-corrected chi connectivity index (χ3v) is 3.76. The first kappa shape index (κ1) is 17.6. The Morgan fingerprint density at radius 1 is 1.15 bits per heavy atom. The maximum absolute atomic E-state index is 12.0. The van der Waals surface area contributed by atoms with Crippen molar-refractivity contribution in [3.05, 3.63) is 64.9 Å². The van der Waals surface area contributed by atoms with Crippen molar-refractivity contribution in [3.63, 3.8) is 0 Å². The largest absolute Gasteiger partial charge is 0.343 e. The Bertz CT molecular complexity index is 937. The highest BCUT2D eigenvalue weighted by Gasteiger charge is 2.09. The summed E-state index contributed by atoms with van der Waals surface area (Å²) in [6, 6.07) is 13.6. The highest BCUT2D eigenvalue weighted by Crippen LogP contribution is 2.17. The predicted octanol–water partition coefficient (Wildman–Crippen LogP) is 2.80. The van der Waals surface area contributed by atoms with Crippen LogP contribution in [-0.2, 0) is 4.79 Å². The predicted molar refractivity (Wildman–Crippen MR) is 99.0 cm³/mol. The Hall–Kier alpha value is -3.19. The number of aromatic nitrogens is 3. The molecule has 26 heavy (non-hydrogen) atoms. The van der Waals surface area contributed by atoms with Crippen molar-refractivity contribution >= 4 is 29.1 Å². The molecule has 7 nitrogen and oxygen atoms in total. The van der Waals surface area contributed by atoms with Crippen molar-refractivity contribution in [2.75, 3.05) is 11.9 Å². The lowest BCUT2D eigenvalue weighted by Crippen LogP contribution is -2.32. The average Bonchev–Trinajstić information content (AvgIpc) is 3.07. The quantitative estimate of drug-likeness (QED) is 0.643. The minimum atomic E-state index is -0.363. The molecule has 2 amide bonds. The summed E-state index contributed by atoms with van der Waals surface area (Å²) in [5, 5.41) is 12.6.